The summed E-state index contributed by atoms with van der Waals surface area (Å²) in [6.07, 6.45) is 1.69. The van der Waals surface area contributed by atoms with Gasteiger partial charge in [0.2, 0.25) is 5.52 Å². The Morgan fingerprint density at radius 3 is 2.19 bits per heavy atom. The Morgan fingerprint density at radius 2 is 1.76 bits per heavy atom. The molecular weight excluding hydrogens is 287 g/mol. The van der Waals surface area contributed by atoms with Gasteiger partial charge in [0, 0.05) is 11.8 Å². The largest absolute Gasteiger partial charge is 0.396 e. The van der Waals surface area contributed by atoms with Gasteiger partial charge in [-0.3, -0.25) is 9.36 Å². The second-order valence-corrected chi connectivity index (χ2v) is 6.58. The van der Waals surface area contributed by atoms with Crippen LogP contribution < -0.4 is 0 Å². The third-order valence-corrected chi connectivity index (χ3v) is 5.38. The molecule has 2 atom stereocenters. The number of carbonyl (C=O) groups excluding carboxylic acids is 1. The topological polar surface area (TPSA) is 52.6 Å². The van der Waals surface area contributed by atoms with Gasteiger partial charge in [0.1, 0.15) is 0 Å². The van der Waals surface area contributed by atoms with Crippen LogP contribution in [0, 0.1) is 5.92 Å². The maximum atomic E-state index is 12.6. The molecule has 1 aromatic rings. The van der Waals surface area contributed by atoms with Crippen molar-refractivity contribution in [3.8, 4) is 0 Å². The van der Waals surface area contributed by atoms with Crippen molar-refractivity contribution in [2.45, 2.75) is 26.7 Å². The first kappa shape index (κ1) is 17.8. The zero-order valence-corrected chi connectivity index (χ0v) is 13.7. The first-order valence-electron chi connectivity index (χ1n) is 7.11. The summed E-state index contributed by atoms with van der Waals surface area (Å²) >= 11 is 0. The summed E-state index contributed by atoms with van der Waals surface area (Å²) in [5, 5.41) is 0. The molecule has 0 bridgehead atoms. The molecule has 0 aromatic heterocycles. The maximum absolute atomic E-state index is 12.6. The van der Waals surface area contributed by atoms with Crippen LogP contribution in [0.25, 0.3) is 0 Å². The van der Waals surface area contributed by atoms with Crippen LogP contribution in [0.4, 0.5) is 0 Å². The minimum Gasteiger partial charge on any atom is -0.303 e. The molecule has 4 nitrogen and oxygen atoms in total. The van der Waals surface area contributed by atoms with Crippen molar-refractivity contribution in [2.75, 3.05) is 13.2 Å². The van der Waals surface area contributed by atoms with E-state index in [4.69, 9.17) is 9.05 Å². The van der Waals surface area contributed by atoms with Crippen molar-refractivity contribution in [1.82, 2.24) is 0 Å². The van der Waals surface area contributed by atoms with Crippen molar-refractivity contribution >= 4 is 13.1 Å². The van der Waals surface area contributed by atoms with E-state index < -0.39 is 19.0 Å². The predicted molar refractivity (Wildman–Crippen MR) is 84.4 cm³/mol. The highest BCUT2D eigenvalue weighted by Gasteiger charge is 2.40. The van der Waals surface area contributed by atoms with Crippen LogP contribution >= 0.6 is 7.60 Å². The SMILES string of the molecule is C=C[C@H](c1ccccc1)[C@H](C)C(=O)P(=O)(OCC)OCC. The molecule has 0 unspecified atom stereocenters. The lowest BCUT2D eigenvalue weighted by molar-refractivity contribution is -0.117. The summed E-state index contributed by atoms with van der Waals surface area (Å²) < 4.78 is 22.8. The summed E-state index contributed by atoms with van der Waals surface area (Å²) in [6.45, 7) is 9.23. The molecule has 1 aromatic carbocycles. The third kappa shape index (κ3) is 4.37. The zero-order valence-electron chi connectivity index (χ0n) is 12.8. The molecule has 1 rings (SSSR count). The van der Waals surface area contributed by atoms with Crippen LogP contribution in [-0.4, -0.2) is 18.7 Å². The van der Waals surface area contributed by atoms with Gasteiger partial charge in [-0.2, -0.15) is 0 Å². The molecule has 0 saturated heterocycles. The normalized spacial score (nSPS) is 14.4. The van der Waals surface area contributed by atoms with E-state index in [-0.39, 0.29) is 19.1 Å². The van der Waals surface area contributed by atoms with Crippen LogP contribution in [-0.2, 0) is 18.4 Å². The van der Waals surface area contributed by atoms with Gasteiger partial charge in [-0.25, -0.2) is 0 Å². The van der Waals surface area contributed by atoms with Crippen LogP contribution in [0.1, 0.15) is 32.3 Å². The van der Waals surface area contributed by atoms with Gasteiger partial charge in [-0.1, -0.05) is 43.3 Å². The van der Waals surface area contributed by atoms with Crippen molar-refractivity contribution in [2.24, 2.45) is 5.92 Å². The highest BCUT2D eigenvalue weighted by atomic mass is 31.2. The number of benzene rings is 1. The Balaban J connectivity index is 3.03. The first-order valence-corrected chi connectivity index (χ1v) is 8.65. The first-order chi connectivity index (χ1) is 10.00. The van der Waals surface area contributed by atoms with Gasteiger partial charge in [-0.15, -0.1) is 6.58 Å². The van der Waals surface area contributed by atoms with Gasteiger partial charge in [-0.05, 0) is 19.4 Å². The lowest BCUT2D eigenvalue weighted by Gasteiger charge is -2.24. The van der Waals surface area contributed by atoms with E-state index in [0.717, 1.165) is 5.56 Å². The molecule has 0 aliphatic carbocycles. The monoisotopic (exact) mass is 310 g/mol. The Kier molecular flexibility index (Phi) is 7.03. The number of hydrogen-bond donors (Lipinski definition) is 0. The molecule has 0 spiro atoms. The zero-order chi connectivity index (χ0) is 15.9. The molecular formula is C16H23O4P. The van der Waals surface area contributed by atoms with Gasteiger partial charge in [0.25, 0.3) is 0 Å². The molecule has 0 saturated carbocycles. The van der Waals surface area contributed by atoms with Crippen molar-refractivity contribution in [1.29, 1.82) is 0 Å². The highest BCUT2D eigenvalue weighted by molar-refractivity contribution is 7.71. The fraction of sp³-hybridized carbons (Fsp3) is 0.438. The summed E-state index contributed by atoms with van der Waals surface area (Å²) in [4.78, 5) is 12.6. The molecule has 0 fully saturated rings. The summed E-state index contributed by atoms with van der Waals surface area (Å²) in [5.41, 5.74) is 0.452. The second-order valence-electron chi connectivity index (χ2n) is 4.63. The number of carbonyl (C=O) groups is 1. The Morgan fingerprint density at radius 1 is 1.24 bits per heavy atom. The van der Waals surface area contributed by atoms with E-state index >= 15 is 0 Å². The quantitative estimate of drug-likeness (QED) is 0.501. The van der Waals surface area contributed by atoms with E-state index in [0.29, 0.717) is 0 Å². The Labute approximate surface area is 126 Å². The van der Waals surface area contributed by atoms with E-state index in [2.05, 4.69) is 6.58 Å². The predicted octanol–water partition coefficient (Wildman–Crippen LogP) is 4.39. The van der Waals surface area contributed by atoms with Gasteiger partial charge in [0.05, 0.1) is 13.2 Å². The third-order valence-electron chi connectivity index (χ3n) is 3.23. The fourth-order valence-corrected chi connectivity index (χ4v) is 3.88. The molecule has 0 amide bonds. The van der Waals surface area contributed by atoms with Gasteiger partial charge < -0.3 is 9.05 Å². The van der Waals surface area contributed by atoms with Crippen LogP contribution in [0.3, 0.4) is 0 Å². The van der Waals surface area contributed by atoms with Crippen LogP contribution in [0.2, 0.25) is 0 Å². The average molecular weight is 310 g/mol. The second kappa shape index (κ2) is 8.28. The van der Waals surface area contributed by atoms with E-state index in [9.17, 15) is 9.36 Å². The van der Waals surface area contributed by atoms with Gasteiger partial charge in [0.15, 0.2) is 0 Å². The van der Waals surface area contributed by atoms with Crippen LogP contribution in [0.5, 0.6) is 0 Å². The molecule has 21 heavy (non-hydrogen) atoms. The standard InChI is InChI=1S/C16H23O4P/c1-5-15(14-11-9-8-10-12-14)13(4)16(17)21(18,19-6-2)20-7-3/h5,8-13,15H,1,6-7H2,2-4H3/t13-,15-/m0/s1. The molecule has 0 aliphatic heterocycles. The molecule has 0 heterocycles. The molecule has 0 N–H and O–H groups in total. The minimum absolute atomic E-state index is 0.166. The highest BCUT2D eigenvalue weighted by Crippen LogP contribution is 2.52. The number of allylic oxidation sites excluding steroid dienone is 1. The van der Waals surface area contributed by atoms with Crippen molar-refractivity contribution in [3.63, 3.8) is 0 Å². The Hall–Kier alpha value is -1.22. The van der Waals surface area contributed by atoms with Crippen LogP contribution in [0.15, 0.2) is 43.0 Å². The molecule has 0 aliphatic rings. The summed E-state index contributed by atoms with van der Waals surface area (Å²) in [7, 11) is -3.74. The van der Waals surface area contributed by atoms with Gasteiger partial charge >= 0.3 is 7.60 Å². The molecule has 5 heteroatoms. The van der Waals surface area contributed by atoms with E-state index in [1.807, 2.05) is 30.3 Å². The summed E-state index contributed by atoms with van der Waals surface area (Å²) in [6, 6.07) is 9.54. The lowest BCUT2D eigenvalue weighted by Crippen LogP contribution is -2.20. The van der Waals surface area contributed by atoms with Crippen molar-refractivity contribution in [3.05, 3.63) is 48.6 Å². The Bertz CT molecular complexity index is 502. The average Bonchev–Trinajstić information content (AvgIpc) is 2.48. The smallest absolute Gasteiger partial charge is 0.303 e. The van der Waals surface area contributed by atoms with E-state index in [1.54, 1.807) is 26.8 Å². The maximum Gasteiger partial charge on any atom is 0.396 e. The van der Waals surface area contributed by atoms with Crippen molar-refractivity contribution < 1.29 is 18.4 Å². The summed E-state index contributed by atoms with van der Waals surface area (Å²) in [5.74, 6) is -0.762. The molecule has 116 valence electrons. The lowest BCUT2D eigenvalue weighted by atomic mass is 9.88. The number of rotatable bonds is 9. The molecule has 0 radical (unpaired) electrons. The number of hydrogen-bond acceptors (Lipinski definition) is 4. The minimum atomic E-state index is -3.74. The fourth-order valence-electron chi connectivity index (χ4n) is 2.21. The van der Waals surface area contributed by atoms with E-state index in [1.165, 1.54) is 0 Å².